The quantitative estimate of drug-likeness (QED) is 0.541. The zero-order valence-electron chi connectivity index (χ0n) is 16.1. The molecule has 2 heterocycles. The van der Waals surface area contributed by atoms with E-state index < -0.39 is 0 Å². The van der Waals surface area contributed by atoms with Crippen molar-refractivity contribution in [2.24, 2.45) is 0 Å². The van der Waals surface area contributed by atoms with Crippen molar-refractivity contribution >= 4 is 17.2 Å². The third kappa shape index (κ3) is 5.72. The summed E-state index contributed by atoms with van der Waals surface area (Å²) in [5, 5.41) is 13.3. The Morgan fingerprint density at radius 2 is 2.07 bits per heavy atom. The van der Waals surface area contributed by atoms with Gasteiger partial charge in [-0.05, 0) is 23.9 Å². The van der Waals surface area contributed by atoms with Crippen LogP contribution >= 0.6 is 11.3 Å². The normalized spacial score (nSPS) is 13.2. The van der Waals surface area contributed by atoms with Crippen LogP contribution in [-0.4, -0.2) is 42.9 Å². The summed E-state index contributed by atoms with van der Waals surface area (Å²) in [6.07, 6.45) is 0. The standard InChI is InChI=1S/C20H24N4O3S/c1-15(16-7-4-3-5-8-16)21-18(25)13-24(10-11-26-2)14-19-22-23-20(27-19)17-9-6-12-28-17/h3-9,12,15H,10-11,13-14H2,1-2H3,(H,21,25)/p+1/t15-/m1/s1. The molecule has 8 heteroatoms. The van der Waals surface area contributed by atoms with E-state index in [0.717, 1.165) is 15.3 Å². The van der Waals surface area contributed by atoms with Crippen molar-refractivity contribution in [3.05, 3.63) is 59.3 Å². The number of carbonyl (C=O) groups excluding carboxylic acids is 1. The molecule has 0 aliphatic carbocycles. The Morgan fingerprint density at radius 1 is 1.25 bits per heavy atom. The lowest BCUT2D eigenvalue weighted by atomic mass is 10.1. The fourth-order valence-electron chi connectivity index (χ4n) is 2.87. The van der Waals surface area contributed by atoms with E-state index in [1.807, 2.05) is 54.8 Å². The van der Waals surface area contributed by atoms with Gasteiger partial charge in [-0.1, -0.05) is 36.4 Å². The van der Waals surface area contributed by atoms with Gasteiger partial charge < -0.3 is 19.4 Å². The molecule has 0 radical (unpaired) electrons. The van der Waals surface area contributed by atoms with Crippen LogP contribution < -0.4 is 10.2 Å². The number of quaternary nitrogens is 1. The first-order valence-corrected chi connectivity index (χ1v) is 10.1. The SMILES string of the molecule is COCC[NH+](CC(=O)N[C@H](C)c1ccccc1)Cc1nnc(-c2cccs2)o1. The molecule has 148 valence electrons. The Bertz CT molecular complexity index is 851. The van der Waals surface area contributed by atoms with Crippen LogP contribution in [0.2, 0.25) is 0 Å². The van der Waals surface area contributed by atoms with Crippen molar-refractivity contribution in [1.29, 1.82) is 0 Å². The average molecular weight is 402 g/mol. The van der Waals surface area contributed by atoms with Gasteiger partial charge in [-0.3, -0.25) is 4.79 Å². The van der Waals surface area contributed by atoms with Crippen LogP contribution in [0.5, 0.6) is 0 Å². The zero-order chi connectivity index (χ0) is 19.8. The van der Waals surface area contributed by atoms with E-state index >= 15 is 0 Å². The molecule has 0 saturated carbocycles. The maximum Gasteiger partial charge on any atom is 0.275 e. The largest absolute Gasteiger partial charge is 0.414 e. The highest BCUT2D eigenvalue weighted by molar-refractivity contribution is 7.13. The lowest BCUT2D eigenvalue weighted by Gasteiger charge is -2.19. The molecule has 2 aromatic heterocycles. The zero-order valence-corrected chi connectivity index (χ0v) is 16.9. The van der Waals surface area contributed by atoms with Crippen LogP contribution in [0.25, 0.3) is 10.8 Å². The Kier molecular flexibility index (Phi) is 7.30. The topological polar surface area (TPSA) is 81.7 Å². The summed E-state index contributed by atoms with van der Waals surface area (Å²) in [5.41, 5.74) is 1.08. The summed E-state index contributed by atoms with van der Waals surface area (Å²) in [7, 11) is 1.65. The van der Waals surface area contributed by atoms with E-state index in [-0.39, 0.29) is 11.9 Å². The van der Waals surface area contributed by atoms with Crippen LogP contribution in [0.15, 0.2) is 52.3 Å². The molecule has 1 aromatic carbocycles. The minimum Gasteiger partial charge on any atom is -0.414 e. The van der Waals surface area contributed by atoms with E-state index in [0.29, 0.717) is 38.0 Å². The van der Waals surface area contributed by atoms with Gasteiger partial charge in [0, 0.05) is 7.11 Å². The van der Waals surface area contributed by atoms with Crippen LogP contribution in [-0.2, 0) is 16.1 Å². The van der Waals surface area contributed by atoms with Crippen LogP contribution in [0.1, 0.15) is 24.4 Å². The highest BCUT2D eigenvalue weighted by atomic mass is 32.1. The first-order chi connectivity index (χ1) is 13.7. The minimum atomic E-state index is -0.0498. The van der Waals surface area contributed by atoms with Crippen molar-refractivity contribution < 1.29 is 18.8 Å². The molecule has 2 atom stereocenters. The van der Waals surface area contributed by atoms with Crippen molar-refractivity contribution in [3.8, 4) is 10.8 Å². The van der Waals surface area contributed by atoms with E-state index in [9.17, 15) is 4.79 Å². The monoisotopic (exact) mass is 401 g/mol. The smallest absolute Gasteiger partial charge is 0.275 e. The number of amides is 1. The molecule has 1 amide bonds. The summed E-state index contributed by atoms with van der Waals surface area (Å²) in [6, 6.07) is 13.7. The van der Waals surface area contributed by atoms with E-state index in [2.05, 4.69) is 15.5 Å². The molecule has 7 nitrogen and oxygen atoms in total. The van der Waals surface area contributed by atoms with Gasteiger partial charge in [-0.2, -0.15) is 0 Å². The lowest BCUT2D eigenvalue weighted by molar-refractivity contribution is -0.907. The van der Waals surface area contributed by atoms with Gasteiger partial charge in [0.05, 0.1) is 17.5 Å². The predicted molar refractivity (Wildman–Crippen MR) is 107 cm³/mol. The predicted octanol–water partition coefficient (Wildman–Crippen LogP) is 1.71. The highest BCUT2D eigenvalue weighted by Gasteiger charge is 2.20. The van der Waals surface area contributed by atoms with Gasteiger partial charge in [0.15, 0.2) is 13.1 Å². The molecule has 0 aliphatic heterocycles. The molecule has 0 saturated heterocycles. The number of benzene rings is 1. The molecular weight excluding hydrogens is 376 g/mol. The number of rotatable bonds is 10. The summed E-state index contributed by atoms with van der Waals surface area (Å²) in [5.74, 6) is 0.997. The number of thiophene rings is 1. The number of nitrogens with zero attached hydrogens (tertiary/aromatic N) is 2. The maximum atomic E-state index is 12.5. The molecule has 1 unspecified atom stereocenters. The average Bonchev–Trinajstić information content (AvgIpc) is 3.38. The number of aromatic nitrogens is 2. The van der Waals surface area contributed by atoms with Gasteiger partial charge in [0.2, 0.25) is 0 Å². The van der Waals surface area contributed by atoms with E-state index in [1.54, 1.807) is 18.4 Å². The molecule has 2 N–H and O–H groups in total. The van der Waals surface area contributed by atoms with Gasteiger partial charge in [-0.25, -0.2) is 0 Å². The van der Waals surface area contributed by atoms with Crippen molar-refractivity contribution in [3.63, 3.8) is 0 Å². The van der Waals surface area contributed by atoms with Crippen LogP contribution in [0, 0.1) is 0 Å². The van der Waals surface area contributed by atoms with Crippen LogP contribution in [0.4, 0.5) is 0 Å². The van der Waals surface area contributed by atoms with Crippen molar-refractivity contribution in [1.82, 2.24) is 15.5 Å². The van der Waals surface area contributed by atoms with Crippen LogP contribution in [0.3, 0.4) is 0 Å². The van der Waals surface area contributed by atoms with Crippen molar-refractivity contribution in [2.45, 2.75) is 19.5 Å². The first kappa shape index (κ1) is 20.2. The third-order valence-electron chi connectivity index (χ3n) is 4.35. The molecule has 3 aromatic rings. The summed E-state index contributed by atoms with van der Waals surface area (Å²) in [4.78, 5) is 14.5. The van der Waals surface area contributed by atoms with E-state index in [4.69, 9.17) is 9.15 Å². The fourth-order valence-corrected chi connectivity index (χ4v) is 3.51. The Morgan fingerprint density at radius 3 is 2.79 bits per heavy atom. The van der Waals surface area contributed by atoms with Gasteiger partial charge in [-0.15, -0.1) is 21.5 Å². The Balaban J connectivity index is 1.59. The van der Waals surface area contributed by atoms with E-state index in [1.165, 1.54) is 0 Å². The number of hydrogen-bond donors (Lipinski definition) is 2. The minimum absolute atomic E-state index is 0.0274. The van der Waals surface area contributed by atoms with Gasteiger partial charge >= 0.3 is 0 Å². The molecule has 28 heavy (non-hydrogen) atoms. The molecule has 0 spiro atoms. The number of methoxy groups -OCH3 is 1. The molecule has 0 aliphatic rings. The third-order valence-corrected chi connectivity index (χ3v) is 5.21. The molecular formula is C20H25N4O3S+. The number of nitrogens with one attached hydrogen (secondary N) is 2. The maximum absolute atomic E-state index is 12.5. The fraction of sp³-hybridized carbons (Fsp3) is 0.350. The number of ether oxygens (including phenoxy) is 1. The lowest BCUT2D eigenvalue weighted by Crippen LogP contribution is -3.12. The summed E-state index contributed by atoms with van der Waals surface area (Å²) < 4.78 is 11.0. The second-order valence-corrected chi connectivity index (χ2v) is 7.47. The Labute approximate surface area is 168 Å². The number of hydrogen-bond acceptors (Lipinski definition) is 6. The molecule has 0 bridgehead atoms. The van der Waals surface area contributed by atoms with Gasteiger partial charge in [0.1, 0.15) is 6.54 Å². The number of carbonyl (C=O) groups is 1. The Hall–Kier alpha value is -2.55. The second-order valence-electron chi connectivity index (χ2n) is 6.52. The summed E-state index contributed by atoms with van der Waals surface area (Å²) in [6.45, 7) is 3.96. The molecule has 0 fully saturated rings. The van der Waals surface area contributed by atoms with Gasteiger partial charge in [0.25, 0.3) is 17.7 Å². The van der Waals surface area contributed by atoms with Crippen molar-refractivity contribution in [2.75, 3.05) is 26.8 Å². The second kappa shape index (κ2) is 10.1. The highest BCUT2D eigenvalue weighted by Crippen LogP contribution is 2.22. The first-order valence-electron chi connectivity index (χ1n) is 9.18. The molecule has 3 rings (SSSR count). The summed E-state index contributed by atoms with van der Waals surface area (Å²) >= 11 is 1.55.